The van der Waals surface area contributed by atoms with E-state index in [4.69, 9.17) is 26.8 Å². The average Bonchev–Trinajstić information content (AvgIpc) is 2.89. The number of likely N-dealkylation sites (tertiary alicyclic amines) is 1. The number of nitrogen functional groups attached to an aromatic ring is 1. The molecule has 36 heavy (non-hydrogen) atoms. The summed E-state index contributed by atoms with van der Waals surface area (Å²) in [5.74, 6) is -0.467. The topological polar surface area (TPSA) is 115 Å². The summed E-state index contributed by atoms with van der Waals surface area (Å²) in [5.41, 5.74) is 6.61. The summed E-state index contributed by atoms with van der Waals surface area (Å²) in [5, 5.41) is 3.38. The first-order valence-electron chi connectivity index (χ1n) is 11.8. The van der Waals surface area contributed by atoms with E-state index in [1.165, 1.54) is 18.3 Å². The van der Waals surface area contributed by atoms with Crippen molar-refractivity contribution in [2.45, 2.75) is 38.6 Å². The maximum atomic E-state index is 14.5. The van der Waals surface area contributed by atoms with Gasteiger partial charge in [0.1, 0.15) is 0 Å². The van der Waals surface area contributed by atoms with Gasteiger partial charge in [-0.05, 0) is 49.6 Å². The van der Waals surface area contributed by atoms with Crippen LogP contribution in [-0.2, 0) is 4.74 Å². The Hall–Kier alpha value is -3.66. The smallest absolute Gasteiger partial charge is 0.409 e. The molecule has 1 amide bonds. The number of benzene rings is 1. The van der Waals surface area contributed by atoms with Crippen molar-refractivity contribution in [2.24, 2.45) is 0 Å². The van der Waals surface area contributed by atoms with Crippen LogP contribution in [0.15, 0.2) is 42.7 Å². The molecule has 1 fully saturated rings. The van der Waals surface area contributed by atoms with Crippen molar-refractivity contribution in [1.29, 1.82) is 0 Å². The number of carbonyl (C=O) groups is 1. The second kappa shape index (κ2) is 11.9. The molecular formula is C25H28ClFN6O3. The molecule has 0 saturated carbocycles. The maximum absolute atomic E-state index is 14.5. The lowest BCUT2D eigenvalue weighted by Gasteiger charge is -2.32. The van der Waals surface area contributed by atoms with Crippen LogP contribution in [0.4, 0.5) is 20.8 Å². The standard InChI is InChI=1S/C25H28ClFN6O3/c1-2-3-14-35-25(34)33-13-5-6-16(15-33)31-24-30-12-10-20(32-24)17-7-4-11-29-23(17)36-22-18(26)8-9-19(28)21(22)27/h4,7-12,16H,2-3,5-6,13-15,28H2,1H3,(H,30,31,32)/t16-/m0/s1. The fraction of sp³-hybridized carbons (Fsp3) is 0.360. The fourth-order valence-corrected chi connectivity index (χ4v) is 4.01. The molecule has 1 aromatic carbocycles. The second-order valence-corrected chi connectivity index (χ2v) is 8.81. The Labute approximate surface area is 213 Å². The number of anilines is 2. The predicted molar refractivity (Wildman–Crippen MR) is 136 cm³/mol. The van der Waals surface area contributed by atoms with E-state index in [9.17, 15) is 9.18 Å². The molecule has 1 saturated heterocycles. The molecule has 0 spiro atoms. The first-order valence-corrected chi connectivity index (χ1v) is 12.2. The van der Waals surface area contributed by atoms with Crippen LogP contribution >= 0.6 is 11.6 Å². The van der Waals surface area contributed by atoms with Crippen molar-refractivity contribution in [3.05, 3.63) is 53.6 Å². The number of piperidine rings is 1. The number of carbonyl (C=O) groups excluding carboxylic acids is 1. The molecular weight excluding hydrogens is 487 g/mol. The molecule has 11 heteroatoms. The lowest BCUT2D eigenvalue weighted by atomic mass is 10.1. The van der Waals surface area contributed by atoms with E-state index in [0.717, 1.165) is 25.7 Å². The molecule has 1 aliphatic heterocycles. The molecule has 1 atom stereocenters. The van der Waals surface area contributed by atoms with E-state index in [-0.39, 0.29) is 34.5 Å². The zero-order valence-corrected chi connectivity index (χ0v) is 20.7. The first-order chi connectivity index (χ1) is 17.5. The summed E-state index contributed by atoms with van der Waals surface area (Å²) >= 11 is 6.13. The summed E-state index contributed by atoms with van der Waals surface area (Å²) in [4.78, 5) is 27.2. The number of aromatic nitrogens is 3. The molecule has 0 unspecified atom stereocenters. The highest BCUT2D eigenvalue weighted by molar-refractivity contribution is 6.32. The van der Waals surface area contributed by atoms with Gasteiger partial charge in [-0.3, -0.25) is 0 Å². The Bertz CT molecular complexity index is 1210. The van der Waals surface area contributed by atoms with E-state index in [0.29, 0.717) is 36.9 Å². The largest absolute Gasteiger partial charge is 0.449 e. The zero-order valence-electron chi connectivity index (χ0n) is 19.9. The summed E-state index contributed by atoms with van der Waals surface area (Å²) in [6.45, 7) is 3.63. The highest BCUT2D eigenvalue weighted by Gasteiger charge is 2.25. The number of ether oxygens (including phenoxy) is 2. The van der Waals surface area contributed by atoms with Crippen LogP contribution in [0, 0.1) is 5.82 Å². The Kier molecular flexibility index (Phi) is 8.37. The third kappa shape index (κ3) is 6.12. The monoisotopic (exact) mass is 514 g/mol. The molecule has 3 aromatic rings. The number of unbranched alkanes of at least 4 members (excludes halogenated alkanes) is 1. The van der Waals surface area contributed by atoms with Gasteiger partial charge in [-0.1, -0.05) is 24.9 Å². The van der Waals surface area contributed by atoms with Crippen LogP contribution in [0.2, 0.25) is 5.02 Å². The molecule has 0 aliphatic carbocycles. The van der Waals surface area contributed by atoms with Crippen molar-refractivity contribution in [3.63, 3.8) is 0 Å². The quantitative estimate of drug-likeness (QED) is 0.298. The van der Waals surface area contributed by atoms with Crippen LogP contribution in [0.25, 0.3) is 11.3 Å². The third-order valence-corrected chi connectivity index (χ3v) is 6.01. The third-order valence-electron chi connectivity index (χ3n) is 5.72. The van der Waals surface area contributed by atoms with Gasteiger partial charge in [0.05, 0.1) is 28.6 Å². The highest BCUT2D eigenvalue weighted by Crippen LogP contribution is 2.37. The van der Waals surface area contributed by atoms with Gasteiger partial charge in [0.25, 0.3) is 0 Å². The van der Waals surface area contributed by atoms with Gasteiger partial charge in [-0.15, -0.1) is 0 Å². The van der Waals surface area contributed by atoms with Gasteiger partial charge in [0.2, 0.25) is 11.8 Å². The number of hydrogen-bond donors (Lipinski definition) is 2. The van der Waals surface area contributed by atoms with Gasteiger partial charge in [-0.25, -0.2) is 24.1 Å². The molecule has 0 radical (unpaired) electrons. The molecule has 4 rings (SSSR count). The number of halogens is 2. The number of nitrogens with zero attached hydrogens (tertiary/aromatic N) is 4. The van der Waals surface area contributed by atoms with Crippen LogP contribution < -0.4 is 15.8 Å². The minimum atomic E-state index is -0.765. The zero-order chi connectivity index (χ0) is 25.5. The Morgan fingerprint density at radius 2 is 2.14 bits per heavy atom. The van der Waals surface area contributed by atoms with Gasteiger partial charge in [-0.2, -0.15) is 0 Å². The number of rotatable bonds is 8. The lowest BCUT2D eigenvalue weighted by molar-refractivity contribution is 0.0920. The van der Waals surface area contributed by atoms with Crippen LogP contribution in [-0.4, -0.2) is 51.7 Å². The SMILES string of the molecule is CCCCOC(=O)N1CCC[C@H](Nc2nccc(-c3cccnc3Oc3c(Cl)ccc(N)c3F)n2)C1. The van der Waals surface area contributed by atoms with Crippen LogP contribution in [0.1, 0.15) is 32.6 Å². The van der Waals surface area contributed by atoms with Crippen molar-refractivity contribution >= 4 is 29.3 Å². The van der Waals surface area contributed by atoms with E-state index < -0.39 is 5.82 Å². The first kappa shape index (κ1) is 25.4. The van der Waals surface area contributed by atoms with Gasteiger partial charge >= 0.3 is 6.09 Å². The summed E-state index contributed by atoms with van der Waals surface area (Å²) in [6, 6.07) is 7.96. The number of pyridine rings is 1. The van der Waals surface area contributed by atoms with Crippen molar-refractivity contribution in [1.82, 2.24) is 19.9 Å². The minimum Gasteiger partial charge on any atom is -0.449 e. The van der Waals surface area contributed by atoms with Gasteiger partial charge < -0.3 is 25.4 Å². The molecule has 0 bridgehead atoms. The Balaban J connectivity index is 1.49. The number of nitrogens with one attached hydrogen (secondary N) is 1. The van der Waals surface area contributed by atoms with Crippen LogP contribution in [0.5, 0.6) is 11.6 Å². The molecule has 3 heterocycles. The van der Waals surface area contributed by atoms with Crippen molar-refractivity contribution in [3.8, 4) is 22.9 Å². The van der Waals surface area contributed by atoms with E-state index in [2.05, 4.69) is 20.3 Å². The van der Waals surface area contributed by atoms with Gasteiger partial charge in [0, 0.05) is 31.5 Å². The lowest BCUT2D eigenvalue weighted by Crippen LogP contribution is -2.45. The predicted octanol–water partition coefficient (Wildman–Crippen LogP) is 5.52. The van der Waals surface area contributed by atoms with E-state index in [1.807, 2.05) is 6.92 Å². The highest BCUT2D eigenvalue weighted by atomic mass is 35.5. The van der Waals surface area contributed by atoms with Crippen molar-refractivity contribution < 1.29 is 18.7 Å². The molecule has 2 aromatic heterocycles. The average molecular weight is 515 g/mol. The van der Waals surface area contributed by atoms with E-state index >= 15 is 0 Å². The molecule has 9 nitrogen and oxygen atoms in total. The van der Waals surface area contributed by atoms with Gasteiger partial charge in [0.15, 0.2) is 11.6 Å². The molecule has 1 aliphatic rings. The second-order valence-electron chi connectivity index (χ2n) is 8.40. The summed E-state index contributed by atoms with van der Waals surface area (Å²) < 4.78 is 25.6. The summed E-state index contributed by atoms with van der Waals surface area (Å²) in [6.07, 6.45) is 6.35. The number of nitrogens with two attached hydrogens (primary N) is 1. The maximum Gasteiger partial charge on any atom is 0.409 e. The fourth-order valence-electron chi connectivity index (χ4n) is 3.82. The Morgan fingerprint density at radius 1 is 1.28 bits per heavy atom. The minimum absolute atomic E-state index is 0.0301. The summed E-state index contributed by atoms with van der Waals surface area (Å²) in [7, 11) is 0. The molecule has 3 N–H and O–H groups in total. The number of hydrogen-bond acceptors (Lipinski definition) is 8. The molecule has 190 valence electrons. The normalized spacial score (nSPS) is 15.4. The van der Waals surface area contributed by atoms with Crippen molar-refractivity contribution in [2.75, 3.05) is 30.7 Å². The van der Waals surface area contributed by atoms with Crippen LogP contribution in [0.3, 0.4) is 0 Å². The number of amides is 1. The Morgan fingerprint density at radius 3 is 2.97 bits per heavy atom. The van der Waals surface area contributed by atoms with E-state index in [1.54, 1.807) is 29.3 Å².